The second kappa shape index (κ2) is 8.65. The molecule has 0 aliphatic heterocycles. The molecule has 8 heteroatoms. The van der Waals surface area contributed by atoms with Crippen LogP contribution in [0.15, 0.2) is 47.5 Å². The minimum atomic E-state index is -0.734. The van der Waals surface area contributed by atoms with E-state index in [0.717, 1.165) is 12.1 Å². The Morgan fingerprint density at radius 3 is 2.31 bits per heavy atom. The number of rotatable bonds is 5. The van der Waals surface area contributed by atoms with Crippen molar-refractivity contribution < 1.29 is 18.0 Å². The van der Waals surface area contributed by atoms with E-state index in [1.807, 2.05) is 0 Å². The molecule has 0 aliphatic rings. The molecular weight excluding hydrogens is 399 g/mol. The van der Waals surface area contributed by atoms with Gasteiger partial charge in [-0.05, 0) is 50.4 Å². The molecule has 0 fully saturated rings. The van der Waals surface area contributed by atoms with Gasteiger partial charge in [0.2, 0.25) is 0 Å². The summed E-state index contributed by atoms with van der Waals surface area (Å²) in [7, 11) is 0. The largest absolute Gasteiger partial charge is 0.345 e. The minimum absolute atomic E-state index is 0.173. The first-order valence-electron chi connectivity index (χ1n) is 8.74. The molecule has 1 atom stereocenters. The number of halogens is 3. The molecule has 0 bridgehead atoms. The van der Waals surface area contributed by atoms with Crippen LogP contribution in [0.4, 0.5) is 13.2 Å². The summed E-state index contributed by atoms with van der Waals surface area (Å²) >= 11 is 1.27. The second-order valence-corrected chi connectivity index (χ2v) is 7.18. The van der Waals surface area contributed by atoms with Gasteiger partial charge in [-0.25, -0.2) is 23.1 Å². The molecule has 0 saturated heterocycles. The number of nitrogens with zero attached hydrogens (tertiary/aromatic N) is 2. The number of carbonyl (C=O) groups is 1. The number of aromatic nitrogens is 2. The topological polar surface area (TPSA) is 54.9 Å². The summed E-state index contributed by atoms with van der Waals surface area (Å²) in [5.74, 6) is -1.87. The molecule has 0 unspecified atom stereocenters. The van der Waals surface area contributed by atoms with Gasteiger partial charge < -0.3 is 5.32 Å². The van der Waals surface area contributed by atoms with Crippen LogP contribution < -0.4 is 5.32 Å². The van der Waals surface area contributed by atoms with Gasteiger partial charge in [0.05, 0.1) is 17.3 Å². The van der Waals surface area contributed by atoms with Gasteiger partial charge in [0.25, 0.3) is 5.91 Å². The number of thioether (sulfide) groups is 1. The maximum atomic E-state index is 14.0. The van der Waals surface area contributed by atoms with Crippen LogP contribution in [-0.4, -0.2) is 22.1 Å². The number of nitrogens with one attached hydrogen (secondary N) is 1. The van der Waals surface area contributed by atoms with Crippen molar-refractivity contribution in [1.82, 2.24) is 15.3 Å². The van der Waals surface area contributed by atoms with Crippen LogP contribution in [0.3, 0.4) is 0 Å². The summed E-state index contributed by atoms with van der Waals surface area (Å²) in [4.78, 5) is 21.7. The molecular formula is C21H18F3N3OS. The quantitative estimate of drug-likeness (QED) is 0.465. The molecule has 4 nitrogen and oxygen atoms in total. The lowest BCUT2D eigenvalue weighted by molar-refractivity contribution is 0.0934. The van der Waals surface area contributed by atoms with Crippen molar-refractivity contribution in [2.45, 2.75) is 24.9 Å². The molecule has 1 aromatic heterocycles. The number of hydrogen-bond acceptors (Lipinski definition) is 4. The average Bonchev–Trinajstić information content (AvgIpc) is 2.67. The SMILES string of the molecule is CSc1nc(-c2ccc(F)cc2)nc(C)c1C(=O)N[C@H](C)c1ccc(F)cc1F. The fourth-order valence-electron chi connectivity index (χ4n) is 2.88. The highest BCUT2D eigenvalue weighted by atomic mass is 32.2. The highest BCUT2D eigenvalue weighted by Gasteiger charge is 2.22. The molecule has 0 radical (unpaired) electrons. The molecule has 0 aliphatic carbocycles. The van der Waals surface area contributed by atoms with E-state index in [1.54, 1.807) is 32.2 Å². The second-order valence-electron chi connectivity index (χ2n) is 6.38. The van der Waals surface area contributed by atoms with E-state index in [4.69, 9.17) is 0 Å². The van der Waals surface area contributed by atoms with Gasteiger partial charge in [-0.2, -0.15) is 0 Å². The average molecular weight is 417 g/mol. The van der Waals surface area contributed by atoms with E-state index in [-0.39, 0.29) is 16.9 Å². The number of hydrogen-bond donors (Lipinski definition) is 1. The summed E-state index contributed by atoms with van der Waals surface area (Å²) in [6, 6.07) is 8.28. The number of amides is 1. The third-order valence-electron chi connectivity index (χ3n) is 4.36. The van der Waals surface area contributed by atoms with Crippen LogP contribution in [0.5, 0.6) is 0 Å². The van der Waals surface area contributed by atoms with Crippen LogP contribution in [-0.2, 0) is 0 Å². The molecule has 1 amide bonds. The highest BCUT2D eigenvalue weighted by Crippen LogP contribution is 2.26. The fourth-order valence-corrected chi connectivity index (χ4v) is 3.51. The maximum Gasteiger partial charge on any atom is 0.256 e. The standard InChI is InChI=1S/C21H18F3N3OS/c1-11(16-9-8-15(23)10-17(16)24)26-20(28)18-12(2)25-19(27-21(18)29-3)13-4-6-14(22)7-5-13/h4-11H,1-3H3,(H,26,28)/t11-/m1/s1. The van der Waals surface area contributed by atoms with Crippen LogP contribution in [0.2, 0.25) is 0 Å². The molecule has 1 N–H and O–H groups in total. The van der Waals surface area contributed by atoms with E-state index in [9.17, 15) is 18.0 Å². The Morgan fingerprint density at radius 2 is 1.69 bits per heavy atom. The zero-order chi connectivity index (χ0) is 21.1. The Hall–Kier alpha value is -2.87. The number of aryl methyl sites for hydroxylation is 1. The third-order valence-corrected chi connectivity index (χ3v) is 5.04. The van der Waals surface area contributed by atoms with Crippen LogP contribution >= 0.6 is 11.8 Å². The van der Waals surface area contributed by atoms with Crippen molar-refractivity contribution in [3.05, 3.63) is 76.7 Å². The zero-order valence-electron chi connectivity index (χ0n) is 16.0. The van der Waals surface area contributed by atoms with Gasteiger partial charge in [-0.1, -0.05) is 6.07 Å². The van der Waals surface area contributed by atoms with Gasteiger partial charge in [-0.3, -0.25) is 4.79 Å². The summed E-state index contributed by atoms with van der Waals surface area (Å²) in [6.45, 7) is 3.28. The van der Waals surface area contributed by atoms with Gasteiger partial charge in [0.15, 0.2) is 5.82 Å². The lowest BCUT2D eigenvalue weighted by atomic mass is 10.1. The van der Waals surface area contributed by atoms with Gasteiger partial charge in [-0.15, -0.1) is 11.8 Å². The van der Waals surface area contributed by atoms with E-state index in [1.165, 1.54) is 30.0 Å². The predicted molar refractivity (Wildman–Crippen MR) is 106 cm³/mol. The van der Waals surface area contributed by atoms with Crippen molar-refractivity contribution in [2.75, 3.05) is 6.26 Å². The smallest absolute Gasteiger partial charge is 0.256 e. The summed E-state index contributed by atoms with van der Waals surface area (Å²) in [5.41, 5.74) is 1.51. The minimum Gasteiger partial charge on any atom is -0.345 e. The number of carbonyl (C=O) groups excluding carboxylic acids is 1. The van der Waals surface area contributed by atoms with Crippen molar-refractivity contribution in [2.24, 2.45) is 0 Å². The Morgan fingerprint density at radius 1 is 1.03 bits per heavy atom. The first-order chi connectivity index (χ1) is 13.8. The Balaban J connectivity index is 1.91. The van der Waals surface area contributed by atoms with E-state index >= 15 is 0 Å². The normalized spacial score (nSPS) is 11.9. The first kappa shape index (κ1) is 20.9. The monoisotopic (exact) mass is 417 g/mol. The van der Waals surface area contributed by atoms with Gasteiger partial charge in [0, 0.05) is 17.2 Å². The lowest BCUT2D eigenvalue weighted by Crippen LogP contribution is -2.29. The van der Waals surface area contributed by atoms with Gasteiger partial charge >= 0.3 is 0 Å². The third kappa shape index (κ3) is 4.59. The Kier molecular flexibility index (Phi) is 6.22. The number of benzene rings is 2. The van der Waals surface area contributed by atoms with E-state index in [0.29, 0.717) is 22.1 Å². The van der Waals surface area contributed by atoms with E-state index < -0.39 is 23.6 Å². The predicted octanol–water partition coefficient (Wildman–Crippen LogP) is 5.08. The zero-order valence-corrected chi connectivity index (χ0v) is 16.8. The Labute approximate surface area is 170 Å². The summed E-state index contributed by atoms with van der Waals surface area (Å²) in [6.07, 6.45) is 1.77. The molecule has 1 heterocycles. The van der Waals surface area contributed by atoms with E-state index in [2.05, 4.69) is 15.3 Å². The first-order valence-corrected chi connectivity index (χ1v) is 9.97. The molecule has 29 heavy (non-hydrogen) atoms. The molecule has 2 aromatic carbocycles. The maximum absolute atomic E-state index is 14.0. The molecule has 3 rings (SSSR count). The van der Waals surface area contributed by atoms with Crippen LogP contribution in [0.1, 0.15) is 34.6 Å². The van der Waals surface area contributed by atoms with Crippen molar-refractivity contribution >= 4 is 17.7 Å². The van der Waals surface area contributed by atoms with Crippen LogP contribution in [0.25, 0.3) is 11.4 Å². The lowest BCUT2D eigenvalue weighted by Gasteiger charge is -2.17. The Bertz CT molecular complexity index is 1060. The fraction of sp³-hybridized carbons (Fsp3) is 0.190. The van der Waals surface area contributed by atoms with Crippen molar-refractivity contribution in [3.8, 4) is 11.4 Å². The summed E-state index contributed by atoms with van der Waals surface area (Å²) < 4.78 is 40.3. The molecule has 3 aromatic rings. The van der Waals surface area contributed by atoms with Crippen molar-refractivity contribution in [3.63, 3.8) is 0 Å². The molecule has 0 saturated carbocycles. The van der Waals surface area contributed by atoms with Crippen molar-refractivity contribution in [1.29, 1.82) is 0 Å². The molecule has 150 valence electrons. The highest BCUT2D eigenvalue weighted by molar-refractivity contribution is 7.98. The van der Waals surface area contributed by atoms with Gasteiger partial charge in [0.1, 0.15) is 22.5 Å². The van der Waals surface area contributed by atoms with Crippen LogP contribution in [0, 0.1) is 24.4 Å². The molecule has 0 spiro atoms. The summed E-state index contributed by atoms with van der Waals surface area (Å²) in [5, 5.41) is 3.16.